The Balaban J connectivity index is 1.62. The number of aromatic nitrogens is 2. The molecule has 0 radical (unpaired) electrons. The summed E-state index contributed by atoms with van der Waals surface area (Å²) in [6.45, 7) is 0. The smallest absolute Gasteiger partial charge is 0.226 e. The van der Waals surface area contributed by atoms with Gasteiger partial charge in [-0.05, 0) is 30.9 Å². The number of carbonyl (C=O) groups is 1. The molecular formula is C16H18FN3OS. The molecule has 0 atom stereocenters. The van der Waals surface area contributed by atoms with E-state index in [1.165, 1.54) is 36.7 Å². The van der Waals surface area contributed by atoms with Crippen LogP contribution < -0.4 is 5.32 Å². The second kappa shape index (κ2) is 6.96. The molecule has 3 rings (SSSR count). The molecular weight excluding hydrogens is 301 g/mol. The highest BCUT2D eigenvalue weighted by Gasteiger charge is 2.18. The fourth-order valence-electron chi connectivity index (χ4n) is 2.84. The lowest BCUT2D eigenvalue weighted by atomic mass is 9.87. The first-order valence-electron chi connectivity index (χ1n) is 7.60. The average molecular weight is 319 g/mol. The van der Waals surface area contributed by atoms with Crippen LogP contribution in [-0.2, 0) is 4.79 Å². The predicted molar refractivity (Wildman–Crippen MR) is 85.1 cm³/mol. The molecule has 0 spiro atoms. The van der Waals surface area contributed by atoms with Gasteiger partial charge in [0.05, 0.1) is 0 Å². The van der Waals surface area contributed by atoms with E-state index in [0.29, 0.717) is 28.0 Å². The lowest BCUT2D eigenvalue weighted by molar-refractivity contribution is -0.117. The number of hydrogen-bond acceptors (Lipinski definition) is 4. The zero-order valence-electron chi connectivity index (χ0n) is 12.2. The standard InChI is InChI=1S/C16H18FN3OS/c17-13-9-5-4-8-12(13)15-19-20-16(22-15)18-14(21)10-11-6-2-1-3-7-11/h4-5,8-9,11H,1-3,6-7,10H2,(H,18,20,21). The first-order chi connectivity index (χ1) is 10.7. The summed E-state index contributed by atoms with van der Waals surface area (Å²) >= 11 is 1.20. The molecule has 1 aromatic carbocycles. The Morgan fingerprint density at radius 2 is 2.00 bits per heavy atom. The van der Waals surface area contributed by atoms with E-state index in [0.717, 1.165) is 12.8 Å². The van der Waals surface area contributed by atoms with Crippen molar-refractivity contribution in [2.45, 2.75) is 38.5 Å². The van der Waals surface area contributed by atoms with Gasteiger partial charge in [-0.2, -0.15) is 0 Å². The summed E-state index contributed by atoms with van der Waals surface area (Å²) in [6.07, 6.45) is 6.51. The third-order valence-electron chi connectivity index (χ3n) is 3.97. The normalized spacial score (nSPS) is 15.7. The molecule has 1 N–H and O–H groups in total. The summed E-state index contributed by atoms with van der Waals surface area (Å²) in [7, 11) is 0. The van der Waals surface area contributed by atoms with Crippen molar-refractivity contribution in [1.29, 1.82) is 0 Å². The van der Waals surface area contributed by atoms with Gasteiger partial charge in [0.2, 0.25) is 11.0 Å². The van der Waals surface area contributed by atoms with Crippen molar-refractivity contribution in [1.82, 2.24) is 10.2 Å². The van der Waals surface area contributed by atoms with E-state index in [1.54, 1.807) is 18.2 Å². The van der Waals surface area contributed by atoms with Crippen LogP contribution in [0.4, 0.5) is 9.52 Å². The topological polar surface area (TPSA) is 54.9 Å². The Morgan fingerprint density at radius 3 is 2.77 bits per heavy atom. The van der Waals surface area contributed by atoms with Gasteiger partial charge in [0.15, 0.2) is 5.01 Å². The molecule has 1 heterocycles. The highest BCUT2D eigenvalue weighted by Crippen LogP contribution is 2.29. The second-order valence-corrected chi connectivity index (χ2v) is 6.63. The molecule has 22 heavy (non-hydrogen) atoms. The summed E-state index contributed by atoms with van der Waals surface area (Å²) in [5, 5.41) is 11.6. The number of hydrogen-bond donors (Lipinski definition) is 1. The molecule has 116 valence electrons. The number of rotatable bonds is 4. The number of anilines is 1. The summed E-state index contributed by atoms with van der Waals surface area (Å²) in [6, 6.07) is 6.43. The Labute approximate surface area is 132 Å². The maximum Gasteiger partial charge on any atom is 0.226 e. The summed E-state index contributed by atoms with van der Waals surface area (Å²) in [4.78, 5) is 12.0. The second-order valence-electron chi connectivity index (χ2n) is 5.65. The van der Waals surface area contributed by atoms with Crippen molar-refractivity contribution >= 4 is 22.4 Å². The quantitative estimate of drug-likeness (QED) is 0.916. The lowest BCUT2D eigenvalue weighted by Crippen LogP contribution is -2.18. The monoisotopic (exact) mass is 319 g/mol. The average Bonchev–Trinajstić information content (AvgIpc) is 2.97. The van der Waals surface area contributed by atoms with Crippen molar-refractivity contribution in [2.24, 2.45) is 5.92 Å². The number of nitrogens with one attached hydrogen (secondary N) is 1. The van der Waals surface area contributed by atoms with Crippen LogP contribution in [0.2, 0.25) is 0 Å². The Bertz CT molecular complexity index is 652. The van der Waals surface area contributed by atoms with Crippen LogP contribution in [0.3, 0.4) is 0 Å². The van der Waals surface area contributed by atoms with Crippen LogP contribution in [-0.4, -0.2) is 16.1 Å². The maximum absolute atomic E-state index is 13.7. The molecule has 0 unspecified atom stereocenters. The lowest BCUT2D eigenvalue weighted by Gasteiger charge is -2.20. The molecule has 1 aliphatic carbocycles. The van der Waals surface area contributed by atoms with E-state index in [4.69, 9.17) is 0 Å². The highest BCUT2D eigenvalue weighted by atomic mass is 32.1. The Hall–Kier alpha value is -1.82. The minimum absolute atomic E-state index is 0.0249. The summed E-state index contributed by atoms with van der Waals surface area (Å²) in [5.41, 5.74) is 0.410. The van der Waals surface area contributed by atoms with Crippen molar-refractivity contribution in [3.05, 3.63) is 30.1 Å². The third kappa shape index (κ3) is 3.68. The fourth-order valence-corrected chi connectivity index (χ4v) is 3.63. The van der Waals surface area contributed by atoms with Crippen LogP contribution >= 0.6 is 11.3 Å². The molecule has 0 bridgehead atoms. The SMILES string of the molecule is O=C(CC1CCCCC1)Nc1nnc(-c2ccccc2F)s1. The van der Waals surface area contributed by atoms with E-state index in [-0.39, 0.29) is 11.7 Å². The number of halogens is 1. The van der Waals surface area contributed by atoms with Gasteiger partial charge in [0.25, 0.3) is 0 Å². The molecule has 1 fully saturated rings. The van der Waals surface area contributed by atoms with Gasteiger partial charge in [-0.15, -0.1) is 10.2 Å². The molecule has 1 aliphatic rings. The molecule has 1 amide bonds. The van der Waals surface area contributed by atoms with Gasteiger partial charge in [-0.25, -0.2) is 4.39 Å². The number of nitrogens with zero attached hydrogens (tertiary/aromatic N) is 2. The van der Waals surface area contributed by atoms with Crippen LogP contribution in [0.5, 0.6) is 0 Å². The molecule has 1 aromatic heterocycles. The first kappa shape index (κ1) is 15.1. The zero-order valence-corrected chi connectivity index (χ0v) is 13.0. The number of benzene rings is 1. The Kier molecular flexibility index (Phi) is 4.77. The van der Waals surface area contributed by atoms with Crippen LogP contribution in [0.15, 0.2) is 24.3 Å². The molecule has 0 aliphatic heterocycles. The minimum Gasteiger partial charge on any atom is -0.301 e. The van der Waals surface area contributed by atoms with Crippen LogP contribution in [0.1, 0.15) is 38.5 Å². The van der Waals surface area contributed by atoms with Crippen molar-refractivity contribution in [3.63, 3.8) is 0 Å². The minimum atomic E-state index is -0.335. The summed E-state index contributed by atoms with van der Waals surface area (Å²) < 4.78 is 13.7. The number of amides is 1. The maximum atomic E-state index is 13.7. The predicted octanol–water partition coefficient (Wildman–Crippen LogP) is 4.25. The van der Waals surface area contributed by atoms with Gasteiger partial charge >= 0.3 is 0 Å². The summed E-state index contributed by atoms with van der Waals surface area (Å²) in [5.74, 6) is 0.120. The largest absolute Gasteiger partial charge is 0.301 e. The third-order valence-corrected chi connectivity index (χ3v) is 4.85. The van der Waals surface area contributed by atoms with E-state index in [2.05, 4.69) is 15.5 Å². The van der Waals surface area contributed by atoms with Gasteiger partial charge < -0.3 is 5.32 Å². The molecule has 4 nitrogen and oxygen atoms in total. The van der Waals surface area contributed by atoms with Gasteiger partial charge in [0.1, 0.15) is 5.82 Å². The molecule has 0 saturated heterocycles. The fraction of sp³-hybridized carbons (Fsp3) is 0.438. The van der Waals surface area contributed by atoms with Crippen LogP contribution in [0, 0.1) is 11.7 Å². The van der Waals surface area contributed by atoms with Crippen molar-refractivity contribution < 1.29 is 9.18 Å². The highest BCUT2D eigenvalue weighted by molar-refractivity contribution is 7.18. The molecule has 2 aromatic rings. The van der Waals surface area contributed by atoms with E-state index >= 15 is 0 Å². The first-order valence-corrected chi connectivity index (χ1v) is 8.42. The van der Waals surface area contributed by atoms with E-state index in [1.807, 2.05) is 0 Å². The molecule has 1 saturated carbocycles. The number of carbonyl (C=O) groups excluding carboxylic acids is 1. The Morgan fingerprint density at radius 1 is 1.23 bits per heavy atom. The van der Waals surface area contributed by atoms with Crippen molar-refractivity contribution in [3.8, 4) is 10.6 Å². The van der Waals surface area contributed by atoms with Crippen LogP contribution in [0.25, 0.3) is 10.6 Å². The van der Waals surface area contributed by atoms with E-state index < -0.39 is 0 Å². The van der Waals surface area contributed by atoms with Crippen molar-refractivity contribution in [2.75, 3.05) is 5.32 Å². The van der Waals surface area contributed by atoms with Gasteiger partial charge in [-0.1, -0.05) is 42.7 Å². The van der Waals surface area contributed by atoms with Gasteiger partial charge in [-0.3, -0.25) is 4.79 Å². The zero-order chi connectivity index (χ0) is 15.4. The van der Waals surface area contributed by atoms with Gasteiger partial charge in [0, 0.05) is 12.0 Å². The molecule has 6 heteroatoms. The van der Waals surface area contributed by atoms with E-state index in [9.17, 15) is 9.18 Å².